The molecule has 1 aliphatic heterocycles. The number of aliphatic hydroxyl groups is 1. The van der Waals surface area contributed by atoms with Crippen LogP contribution in [0, 0.1) is 0 Å². The number of anilines is 3. The van der Waals surface area contributed by atoms with Crippen LogP contribution in [0.15, 0.2) is 47.4 Å². The predicted octanol–water partition coefficient (Wildman–Crippen LogP) is 1.81. The molecular weight excluding hydrogens is 432 g/mol. The molecule has 4 aromatic rings. The lowest BCUT2D eigenvalue weighted by Gasteiger charge is -2.18. The first-order chi connectivity index (χ1) is 16.6. The number of hydrogen-bond donors (Lipinski definition) is 3. The predicted molar refractivity (Wildman–Crippen MR) is 132 cm³/mol. The van der Waals surface area contributed by atoms with E-state index in [-0.39, 0.29) is 12.2 Å². The van der Waals surface area contributed by atoms with Crippen LogP contribution in [0.1, 0.15) is 18.1 Å². The lowest BCUT2D eigenvalue weighted by atomic mass is 10.0. The van der Waals surface area contributed by atoms with Crippen molar-refractivity contribution in [1.29, 1.82) is 0 Å². The van der Waals surface area contributed by atoms with Crippen molar-refractivity contribution in [3.05, 3.63) is 64.1 Å². The van der Waals surface area contributed by atoms with Crippen LogP contribution in [0.25, 0.3) is 16.9 Å². The summed E-state index contributed by atoms with van der Waals surface area (Å²) in [5.41, 5.74) is 3.83. The SMILES string of the molecule is CCn1c(=O)c2cnc(Nc3ccc4c(c3)CNCC4)nc2n1-c1cccc(N(C)CCO)n1. The number of aliphatic hydroxyl groups excluding tert-OH is 1. The summed E-state index contributed by atoms with van der Waals surface area (Å²) in [6, 6.07) is 11.9. The van der Waals surface area contributed by atoms with Gasteiger partial charge in [0.15, 0.2) is 11.5 Å². The minimum Gasteiger partial charge on any atom is -0.395 e. The Morgan fingerprint density at radius 1 is 1.21 bits per heavy atom. The number of aromatic nitrogens is 5. The Bertz CT molecular complexity index is 1390. The zero-order valence-electron chi connectivity index (χ0n) is 19.3. The largest absolute Gasteiger partial charge is 0.395 e. The van der Waals surface area contributed by atoms with Crippen LogP contribution in [-0.4, -0.2) is 56.2 Å². The molecular formula is C24H28N8O2. The summed E-state index contributed by atoms with van der Waals surface area (Å²) in [4.78, 5) is 28.8. The van der Waals surface area contributed by atoms with E-state index in [0.29, 0.717) is 41.7 Å². The van der Waals surface area contributed by atoms with Gasteiger partial charge in [0.1, 0.15) is 11.2 Å². The molecule has 0 atom stereocenters. The summed E-state index contributed by atoms with van der Waals surface area (Å²) in [5, 5.41) is 16.4. The van der Waals surface area contributed by atoms with E-state index >= 15 is 0 Å². The minimum absolute atomic E-state index is 0.0233. The van der Waals surface area contributed by atoms with Crippen molar-refractivity contribution < 1.29 is 5.11 Å². The third-order valence-electron chi connectivity index (χ3n) is 6.09. The van der Waals surface area contributed by atoms with E-state index in [1.165, 1.54) is 11.1 Å². The van der Waals surface area contributed by atoms with Gasteiger partial charge in [-0.15, -0.1) is 0 Å². The highest BCUT2D eigenvalue weighted by molar-refractivity contribution is 5.77. The molecule has 0 unspecified atom stereocenters. The second kappa shape index (κ2) is 9.24. The quantitative estimate of drug-likeness (QED) is 0.383. The molecule has 4 heterocycles. The van der Waals surface area contributed by atoms with Gasteiger partial charge in [0.05, 0.1) is 6.61 Å². The van der Waals surface area contributed by atoms with E-state index in [0.717, 1.165) is 25.2 Å². The number of rotatable bonds is 7. The normalized spacial score (nSPS) is 13.1. The highest BCUT2D eigenvalue weighted by Crippen LogP contribution is 2.23. The monoisotopic (exact) mass is 460 g/mol. The number of nitrogens with one attached hydrogen (secondary N) is 2. The maximum Gasteiger partial charge on any atom is 0.278 e. The van der Waals surface area contributed by atoms with Crippen LogP contribution in [0.3, 0.4) is 0 Å². The Balaban J connectivity index is 1.57. The van der Waals surface area contributed by atoms with Crippen LogP contribution in [0.4, 0.5) is 17.5 Å². The van der Waals surface area contributed by atoms with Gasteiger partial charge in [-0.1, -0.05) is 12.1 Å². The molecule has 0 radical (unpaired) electrons. The molecule has 10 heteroatoms. The van der Waals surface area contributed by atoms with Gasteiger partial charge < -0.3 is 20.6 Å². The van der Waals surface area contributed by atoms with Crippen molar-refractivity contribution in [2.45, 2.75) is 26.4 Å². The van der Waals surface area contributed by atoms with Crippen molar-refractivity contribution >= 4 is 28.5 Å². The molecule has 3 N–H and O–H groups in total. The van der Waals surface area contributed by atoms with Gasteiger partial charge in [-0.05, 0) is 55.3 Å². The molecule has 0 bridgehead atoms. The summed E-state index contributed by atoms with van der Waals surface area (Å²) in [7, 11) is 1.86. The highest BCUT2D eigenvalue weighted by Gasteiger charge is 2.18. The molecule has 34 heavy (non-hydrogen) atoms. The molecule has 3 aromatic heterocycles. The average Bonchev–Trinajstić information content (AvgIpc) is 3.15. The number of nitrogens with zero attached hydrogens (tertiary/aromatic N) is 6. The van der Waals surface area contributed by atoms with E-state index in [1.54, 1.807) is 15.6 Å². The van der Waals surface area contributed by atoms with Gasteiger partial charge in [-0.3, -0.25) is 4.79 Å². The Hall–Kier alpha value is -3.76. The maximum atomic E-state index is 13.1. The number of benzene rings is 1. The van der Waals surface area contributed by atoms with Crippen molar-refractivity contribution in [2.75, 3.05) is 37.0 Å². The summed E-state index contributed by atoms with van der Waals surface area (Å²) in [6.45, 7) is 4.68. The van der Waals surface area contributed by atoms with Crippen LogP contribution in [0.2, 0.25) is 0 Å². The van der Waals surface area contributed by atoms with Gasteiger partial charge in [0.25, 0.3) is 5.56 Å². The summed E-state index contributed by atoms with van der Waals surface area (Å²) in [6.07, 6.45) is 2.59. The number of hydrogen-bond acceptors (Lipinski definition) is 8. The summed E-state index contributed by atoms with van der Waals surface area (Å²) < 4.78 is 3.34. The lowest BCUT2D eigenvalue weighted by Crippen LogP contribution is -2.24. The molecule has 0 aliphatic carbocycles. The number of likely N-dealkylation sites (N-methyl/N-ethyl adjacent to an activating group) is 1. The topological polar surface area (TPSA) is 113 Å². The molecule has 0 fully saturated rings. The number of fused-ring (bicyclic) bond motifs is 2. The molecule has 0 saturated carbocycles. The summed E-state index contributed by atoms with van der Waals surface area (Å²) >= 11 is 0. The van der Waals surface area contributed by atoms with E-state index in [4.69, 9.17) is 9.97 Å². The van der Waals surface area contributed by atoms with Crippen molar-refractivity contribution in [1.82, 2.24) is 29.6 Å². The first-order valence-electron chi connectivity index (χ1n) is 11.5. The third-order valence-corrected chi connectivity index (χ3v) is 6.09. The zero-order valence-corrected chi connectivity index (χ0v) is 19.3. The molecule has 0 saturated heterocycles. The Morgan fingerprint density at radius 2 is 2.09 bits per heavy atom. The van der Waals surface area contributed by atoms with Gasteiger partial charge in [-0.2, -0.15) is 4.98 Å². The lowest BCUT2D eigenvalue weighted by molar-refractivity contribution is 0.304. The van der Waals surface area contributed by atoms with E-state index in [2.05, 4.69) is 27.8 Å². The molecule has 10 nitrogen and oxygen atoms in total. The average molecular weight is 461 g/mol. The Labute approximate surface area is 196 Å². The van der Waals surface area contributed by atoms with Crippen LogP contribution in [0.5, 0.6) is 0 Å². The van der Waals surface area contributed by atoms with E-state index < -0.39 is 0 Å². The minimum atomic E-state index is -0.167. The van der Waals surface area contributed by atoms with Gasteiger partial charge in [-0.25, -0.2) is 19.3 Å². The van der Waals surface area contributed by atoms with Crippen LogP contribution >= 0.6 is 0 Å². The molecule has 1 aromatic carbocycles. The fourth-order valence-corrected chi connectivity index (χ4v) is 4.30. The highest BCUT2D eigenvalue weighted by atomic mass is 16.3. The molecule has 0 spiro atoms. The number of pyridine rings is 1. The Morgan fingerprint density at radius 3 is 2.91 bits per heavy atom. The van der Waals surface area contributed by atoms with Crippen molar-refractivity contribution in [3.63, 3.8) is 0 Å². The van der Waals surface area contributed by atoms with Gasteiger partial charge in [0, 0.05) is 38.6 Å². The summed E-state index contributed by atoms with van der Waals surface area (Å²) in [5.74, 6) is 1.67. The molecule has 0 amide bonds. The Kier molecular flexibility index (Phi) is 5.99. The van der Waals surface area contributed by atoms with Gasteiger partial charge >= 0.3 is 0 Å². The molecule has 5 rings (SSSR count). The fourth-order valence-electron chi connectivity index (χ4n) is 4.30. The van der Waals surface area contributed by atoms with E-state index in [9.17, 15) is 9.90 Å². The third kappa shape index (κ3) is 4.02. The smallest absolute Gasteiger partial charge is 0.278 e. The van der Waals surface area contributed by atoms with E-state index in [1.807, 2.05) is 43.1 Å². The standard InChI is InChI=1S/C24H28N8O2/c1-3-31-23(34)19-15-26-24(27-18-8-7-16-9-10-25-14-17(16)13-18)29-22(19)32(31)21-6-4-5-20(28-21)30(2)11-12-33/h4-8,13,15,25,33H,3,9-12,14H2,1-2H3,(H,26,27,29). The second-order valence-corrected chi connectivity index (χ2v) is 8.30. The molecule has 1 aliphatic rings. The second-order valence-electron chi connectivity index (χ2n) is 8.30. The van der Waals surface area contributed by atoms with Gasteiger partial charge in [0.2, 0.25) is 5.95 Å². The zero-order chi connectivity index (χ0) is 23.7. The fraction of sp³-hybridized carbons (Fsp3) is 0.333. The van der Waals surface area contributed by atoms with Crippen molar-refractivity contribution in [3.8, 4) is 5.82 Å². The van der Waals surface area contributed by atoms with Crippen LogP contribution in [-0.2, 0) is 19.5 Å². The first kappa shape index (κ1) is 22.1. The van der Waals surface area contributed by atoms with Crippen molar-refractivity contribution in [2.24, 2.45) is 0 Å². The van der Waals surface area contributed by atoms with Crippen LogP contribution < -0.4 is 21.1 Å². The molecule has 176 valence electrons. The maximum absolute atomic E-state index is 13.1. The first-order valence-corrected chi connectivity index (χ1v) is 11.5.